The first kappa shape index (κ1) is 43.6. The van der Waals surface area contributed by atoms with Crippen LogP contribution in [0.3, 0.4) is 0 Å². The van der Waals surface area contributed by atoms with Gasteiger partial charge in [-0.2, -0.15) is 0 Å². The standard InChI is InChI=1S/C63H59N3/c1-49-41-59(65(45-53-25-13-5-14-26-53)46-54-27-15-6-16-28-54)37-39-61(49)63(57-33-35-58(36-34-57)64(43-51-21-9-3-10-22-51)44-52-23-11-4-12-24-52)62-40-38-60(42-50(62)2)66(47-55-29-17-7-18-30-55)48-56-31-19-8-20-32-56/h3-42,63H,43-48H2,1-2H3. The normalized spacial score (nSPS) is 11.1. The van der Waals surface area contributed by atoms with Crippen LogP contribution in [0.4, 0.5) is 17.1 Å². The zero-order valence-corrected chi connectivity index (χ0v) is 38.3. The number of hydrogen-bond donors (Lipinski definition) is 0. The molecule has 0 heterocycles. The summed E-state index contributed by atoms with van der Waals surface area (Å²) in [7, 11) is 0. The van der Waals surface area contributed by atoms with E-state index in [1.165, 1.54) is 78.3 Å². The van der Waals surface area contributed by atoms with Crippen molar-refractivity contribution >= 4 is 17.1 Å². The van der Waals surface area contributed by atoms with Crippen LogP contribution in [0.1, 0.15) is 67.1 Å². The van der Waals surface area contributed by atoms with Crippen LogP contribution in [0.5, 0.6) is 0 Å². The molecule has 66 heavy (non-hydrogen) atoms. The van der Waals surface area contributed by atoms with Crippen molar-refractivity contribution in [2.24, 2.45) is 0 Å². The largest absolute Gasteiger partial charge is 0.363 e. The van der Waals surface area contributed by atoms with Crippen molar-refractivity contribution in [3.05, 3.63) is 304 Å². The average Bonchev–Trinajstić information content (AvgIpc) is 3.36. The minimum atomic E-state index is 0.0206. The summed E-state index contributed by atoms with van der Waals surface area (Å²) in [5, 5.41) is 0. The minimum absolute atomic E-state index is 0.0206. The molecule has 0 amide bonds. The molecule has 0 bridgehead atoms. The summed E-state index contributed by atoms with van der Waals surface area (Å²) >= 11 is 0. The van der Waals surface area contributed by atoms with Crippen LogP contribution in [0, 0.1) is 13.8 Å². The molecule has 0 aliphatic carbocycles. The second kappa shape index (κ2) is 21.4. The van der Waals surface area contributed by atoms with E-state index in [2.05, 4.69) is 271 Å². The van der Waals surface area contributed by atoms with E-state index in [0.29, 0.717) is 0 Å². The number of benzene rings is 9. The fourth-order valence-electron chi connectivity index (χ4n) is 9.30. The van der Waals surface area contributed by atoms with E-state index in [1.807, 2.05) is 0 Å². The maximum Gasteiger partial charge on any atom is 0.0433 e. The molecule has 0 fully saturated rings. The Morgan fingerprint density at radius 1 is 0.273 bits per heavy atom. The zero-order valence-electron chi connectivity index (χ0n) is 38.3. The second-order valence-electron chi connectivity index (χ2n) is 17.6. The van der Waals surface area contributed by atoms with Crippen LogP contribution in [0.25, 0.3) is 0 Å². The third kappa shape index (κ3) is 11.2. The Balaban J connectivity index is 1.10. The molecule has 3 nitrogen and oxygen atoms in total. The summed E-state index contributed by atoms with van der Waals surface area (Å²) in [4.78, 5) is 7.51. The monoisotopic (exact) mass is 857 g/mol. The molecule has 0 aliphatic rings. The SMILES string of the molecule is Cc1cc(N(Cc2ccccc2)Cc2ccccc2)ccc1C(c1ccc(N(Cc2ccccc2)Cc2ccccc2)cc1)c1ccc(N(Cc2ccccc2)Cc2ccccc2)cc1C. The van der Waals surface area contributed by atoms with Gasteiger partial charge in [-0.15, -0.1) is 0 Å². The Morgan fingerprint density at radius 3 is 0.773 bits per heavy atom. The van der Waals surface area contributed by atoms with Crippen LogP contribution in [0.2, 0.25) is 0 Å². The van der Waals surface area contributed by atoms with E-state index in [1.54, 1.807) is 0 Å². The lowest BCUT2D eigenvalue weighted by molar-refractivity contribution is 0.796. The van der Waals surface area contributed by atoms with Gasteiger partial charge in [0.1, 0.15) is 0 Å². The number of nitrogens with zero attached hydrogens (tertiary/aromatic N) is 3. The van der Waals surface area contributed by atoms with Crippen LogP contribution < -0.4 is 14.7 Å². The molecule has 0 saturated carbocycles. The van der Waals surface area contributed by atoms with E-state index in [4.69, 9.17) is 0 Å². The Kier molecular flexibility index (Phi) is 14.1. The lowest BCUT2D eigenvalue weighted by Crippen LogP contribution is -2.23. The Morgan fingerprint density at radius 2 is 0.515 bits per heavy atom. The van der Waals surface area contributed by atoms with E-state index in [9.17, 15) is 0 Å². The van der Waals surface area contributed by atoms with Crippen molar-refractivity contribution in [1.82, 2.24) is 0 Å². The highest BCUT2D eigenvalue weighted by Crippen LogP contribution is 2.39. The van der Waals surface area contributed by atoms with Gasteiger partial charge < -0.3 is 14.7 Å². The van der Waals surface area contributed by atoms with E-state index < -0.39 is 0 Å². The first-order chi connectivity index (χ1) is 32.5. The molecule has 0 spiro atoms. The summed E-state index contributed by atoms with van der Waals surface area (Å²) in [5.41, 5.74) is 17.9. The Bertz CT molecular complexity index is 2610. The Labute approximate surface area is 392 Å². The topological polar surface area (TPSA) is 9.72 Å². The number of aryl methyl sites for hydroxylation is 2. The number of rotatable bonds is 18. The van der Waals surface area contributed by atoms with E-state index >= 15 is 0 Å². The van der Waals surface area contributed by atoms with Crippen molar-refractivity contribution in [2.45, 2.75) is 59.0 Å². The van der Waals surface area contributed by atoms with Crippen molar-refractivity contribution in [3.8, 4) is 0 Å². The number of anilines is 3. The molecule has 0 N–H and O–H groups in total. The van der Waals surface area contributed by atoms with Gasteiger partial charge in [-0.1, -0.05) is 206 Å². The molecule has 0 unspecified atom stereocenters. The highest BCUT2D eigenvalue weighted by atomic mass is 15.1. The molecule has 326 valence electrons. The highest BCUT2D eigenvalue weighted by Gasteiger charge is 2.24. The Hall–Kier alpha value is -7.62. The van der Waals surface area contributed by atoms with E-state index in [0.717, 1.165) is 39.3 Å². The average molecular weight is 858 g/mol. The molecular weight excluding hydrogens is 799 g/mol. The smallest absolute Gasteiger partial charge is 0.0433 e. The third-order valence-electron chi connectivity index (χ3n) is 12.7. The summed E-state index contributed by atoms with van der Waals surface area (Å²) in [6, 6.07) is 88.7. The van der Waals surface area contributed by atoms with E-state index in [-0.39, 0.29) is 5.92 Å². The van der Waals surface area contributed by atoms with Crippen molar-refractivity contribution < 1.29 is 0 Å². The maximum absolute atomic E-state index is 2.51. The molecular formula is C63H59N3. The predicted octanol–water partition coefficient (Wildman–Crippen LogP) is 15.1. The van der Waals surface area contributed by atoms with Crippen molar-refractivity contribution in [2.75, 3.05) is 14.7 Å². The first-order valence-electron chi connectivity index (χ1n) is 23.3. The summed E-state index contributed by atoms with van der Waals surface area (Å²) in [5.74, 6) is 0.0206. The van der Waals surface area contributed by atoms with Gasteiger partial charge in [0.25, 0.3) is 0 Å². The van der Waals surface area contributed by atoms with Gasteiger partial charge in [-0.05, 0) is 111 Å². The number of hydrogen-bond acceptors (Lipinski definition) is 3. The minimum Gasteiger partial charge on any atom is -0.363 e. The van der Waals surface area contributed by atoms with Gasteiger partial charge in [0.15, 0.2) is 0 Å². The zero-order chi connectivity index (χ0) is 44.9. The van der Waals surface area contributed by atoms with Gasteiger partial charge in [0, 0.05) is 62.2 Å². The van der Waals surface area contributed by atoms with Crippen LogP contribution in [-0.4, -0.2) is 0 Å². The predicted molar refractivity (Wildman–Crippen MR) is 278 cm³/mol. The molecule has 0 atom stereocenters. The van der Waals surface area contributed by atoms with Gasteiger partial charge in [-0.3, -0.25) is 0 Å². The lowest BCUT2D eigenvalue weighted by atomic mass is 9.81. The lowest BCUT2D eigenvalue weighted by Gasteiger charge is -2.30. The van der Waals surface area contributed by atoms with Crippen LogP contribution in [0.15, 0.2) is 243 Å². The van der Waals surface area contributed by atoms with Gasteiger partial charge in [0.2, 0.25) is 0 Å². The van der Waals surface area contributed by atoms with Gasteiger partial charge in [0.05, 0.1) is 0 Å². The molecule has 0 aliphatic heterocycles. The van der Waals surface area contributed by atoms with Gasteiger partial charge >= 0.3 is 0 Å². The molecule has 9 aromatic carbocycles. The summed E-state index contributed by atoms with van der Waals surface area (Å²) < 4.78 is 0. The molecule has 3 heteroatoms. The van der Waals surface area contributed by atoms with Gasteiger partial charge in [-0.25, -0.2) is 0 Å². The molecule has 9 rings (SSSR count). The molecule has 0 radical (unpaired) electrons. The summed E-state index contributed by atoms with van der Waals surface area (Å²) in [6.45, 7) is 9.55. The molecule has 0 saturated heterocycles. The molecule has 0 aromatic heterocycles. The first-order valence-corrected chi connectivity index (χ1v) is 23.3. The fourth-order valence-corrected chi connectivity index (χ4v) is 9.30. The van der Waals surface area contributed by atoms with Crippen molar-refractivity contribution in [3.63, 3.8) is 0 Å². The second-order valence-corrected chi connectivity index (χ2v) is 17.6. The van der Waals surface area contributed by atoms with Crippen molar-refractivity contribution in [1.29, 1.82) is 0 Å². The third-order valence-corrected chi connectivity index (χ3v) is 12.7. The molecule has 9 aromatic rings. The fraction of sp³-hybridized carbons (Fsp3) is 0.143. The maximum atomic E-state index is 2.51. The summed E-state index contributed by atoms with van der Waals surface area (Å²) in [6.07, 6.45) is 0. The van der Waals surface area contributed by atoms with Crippen LogP contribution in [-0.2, 0) is 39.3 Å². The highest BCUT2D eigenvalue weighted by molar-refractivity contribution is 5.61. The van der Waals surface area contributed by atoms with Crippen LogP contribution >= 0.6 is 0 Å². The quantitative estimate of drug-likeness (QED) is 0.0796.